The van der Waals surface area contributed by atoms with E-state index in [4.69, 9.17) is 4.74 Å². The van der Waals surface area contributed by atoms with E-state index in [0.29, 0.717) is 38.2 Å². The van der Waals surface area contributed by atoms with Crippen molar-refractivity contribution in [1.82, 2.24) is 14.3 Å². The minimum absolute atomic E-state index is 0.0444. The van der Waals surface area contributed by atoms with Gasteiger partial charge < -0.3 is 4.74 Å². The molecule has 1 N–H and O–H groups in total. The molecule has 38 heavy (non-hydrogen) atoms. The first-order valence-electron chi connectivity index (χ1n) is 12.4. The Morgan fingerprint density at radius 1 is 1.05 bits per heavy atom. The van der Waals surface area contributed by atoms with E-state index >= 15 is 0 Å². The fraction of sp³-hybridized carbons (Fsp3) is 0.440. The topological polar surface area (TPSA) is 119 Å². The van der Waals surface area contributed by atoms with Crippen molar-refractivity contribution in [2.24, 2.45) is 0 Å². The molecule has 9 nitrogen and oxygen atoms in total. The van der Waals surface area contributed by atoms with Crippen LogP contribution in [0.15, 0.2) is 53.7 Å². The second-order valence-corrected chi connectivity index (χ2v) is 13.8. The van der Waals surface area contributed by atoms with Gasteiger partial charge in [0.1, 0.15) is 27.7 Å². The highest BCUT2D eigenvalue weighted by Gasteiger charge is 2.40. The monoisotopic (exact) mass is 582 g/mol. The summed E-state index contributed by atoms with van der Waals surface area (Å²) >= 11 is 0.938. The molecular weight excluding hydrogens is 551 g/mol. The van der Waals surface area contributed by atoms with Crippen molar-refractivity contribution >= 4 is 36.5 Å². The highest BCUT2D eigenvalue weighted by Crippen LogP contribution is 2.45. The molecule has 1 aromatic heterocycles. The molecule has 2 aliphatic rings. The Morgan fingerprint density at radius 2 is 1.79 bits per heavy atom. The SMILES string of the molecule is CC.CS(=O)(=O)[C@H]1CCN([C@@H]2CCOc3cc(S(=O)(=O)Nc4ncns4)ccc32)[C@@H](c2ccc(F)cc2)C1. The molecule has 0 spiro atoms. The first-order chi connectivity index (χ1) is 18.1. The molecule has 0 radical (unpaired) electrons. The van der Waals surface area contributed by atoms with Crippen molar-refractivity contribution in [1.29, 1.82) is 0 Å². The van der Waals surface area contributed by atoms with E-state index in [1.165, 1.54) is 36.8 Å². The molecule has 1 saturated heterocycles. The first kappa shape index (κ1) is 28.4. The third kappa shape index (κ3) is 6.16. The molecule has 2 aromatic carbocycles. The lowest BCUT2D eigenvalue weighted by Gasteiger charge is -2.45. The number of anilines is 1. The summed E-state index contributed by atoms with van der Waals surface area (Å²) in [7, 11) is -7.12. The molecular formula is C25H31FN4O5S3. The number of nitrogens with one attached hydrogen (secondary N) is 1. The number of piperidine rings is 1. The average molecular weight is 583 g/mol. The summed E-state index contributed by atoms with van der Waals surface area (Å²) in [6.45, 7) is 4.91. The Hall–Kier alpha value is -2.61. The van der Waals surface area contributed by atoms with Crippen LogP contribution in [0.1, 0.15) is 56.3 Å². The molecule has 2 aliphatic heterocycles. The van der Waals surface area contributed by atoms with Crippen LogP contribution >= 0.6 is 11.5 Å². The van der Waals surface area contributed by atoms with E-state index in [0.717, 1.165) is 22.7 Å². The number of halogens is 1. The summed E-state index contributed by atoms with van der Waals surface area (Å²) in [5.74, 6) is 0.113. The number of rotatable bonds is 6. The number of hydrogen-bond donors (Lipinski definition) is 1. The molecule has 0 saturated carbocycles. The Labute approximate surface area is 227 Å². The number of fused-ring (bicyclic) bond motifs is 1. The zero-order chi connectivity index (χ0) is 27.5. The van der Waals surface area contributed by atoms with Gasteiger partial charge in [-0.05, 0) is 36.6 Å². The molecule has 3 aromatic rings. The number of sulfonamides is 1. The van der Waals surface area contributed by atoms with E-state index < -0.39 is 25.1 Å². The van der Waals surface area contributed by atoms with Gasteiger partial charge in [-0.25, -0.2) is 26.2 Å². The third-order valence-electron chi connectivity index (χ3n) is 6.74. The van der Waals surface area contributed by atoms with Gasteiger partial charge in [0.25, 0.3) is 10.0 Å². The molecule has 5 rings (SSSR count). The van der Waals surface area contributed by atoms with Crippen LogP contribution in [0.5, 0.6) is 5.75 Å². The van der Waals surface area contributed by atoms with Gasteiger partial charge in [0, 0.05) is 54.5 Å². The summed E-state index contributed by atoms with van der Waals surface area (Å²) < 4.78 is 76.1. The summed E-state index contributed by atoms with van der Waals surface area (Å²) in [4.78, 5) is 6.15. The first-order valence-corrected chi connectivity index (χ1v) is 16.6. The highest BCUT2D eigenvalue weighted by atomic mass is 32.2. The molecule has 0 aliphatic carbocycles. The van der Waals surface area contributed by atoms with Gasteiger partial charge >= 0.3 is 0 Å². The molecule has 3 heterocycles. The maximum absolute atomic E-state index is 13.6. The van der Waals surface area contributed by atoms with Gasteiger partial charge in [-0.3, -0.25) is 9.62 Å². The summed E-state index contributed by atoms with van der Waals surface area (Å²) in [5, 5.41) is -0.315. The number of benzene rings is 2. The average Bonchev–Trinajstić information content (AvgIpc) is 3.41. The molecule has 0 bridgehead atoms. The Balaban J connectivity index is 0.00000164. The zero-order valence-corrected chi connectivity index (χ0v) is 23.8. The fourth-order valence-corrected chi connectivity index (χ4v) is 7.72. The maximum Gasteiger partial charge on any atom is 0.263 e. The number of likely N-dealkylation sites (tertiary alicyclic amines) is 1. The molecule has 0 unspecified atom stereocenters. The van der Waals surface area contributed by atoms with Crippen molar-refractivity contribution < 1.29 is 26.0 Å². The van der Waals surface area contributed by atoms with Gasteiger partial charge in [-0.1, -0.05) is 32.0 Å². The molecule has 13 heteroatoms. The Kier molecular flexibility index (Phi) is 8.70. The number of aromatic nitrogens is 2. The fourth-order valence-electron chi connectivity index (χ4n) is 4.98. The summed E-state index contributed by atoms with van der Waals surface area (Å²) in [6.07, 6.45) is 4.07. The van der Waals surface area contributed by atoms with Crippen LogP contribution in [0, 0.1) is 5.82 Å². The van der Waals surface area contributed by atoms with Crippen LogP contribution in [0.4, 0.5) is 9.52 Å². The predicted octanol–water partition coefficient (Wildman–Crippen LogP) is 4.58. The van der Waals surface area contributed by atoms with Crippen LogP contribution < -0.4 is 9.46 Å². The predicted molar refractivity (Wildman–Crippen MR) is 145 cm³/mol. The normalized spacial score (nSPS) is 21.9. The van der Waals surface area contributed by atoms with Crippen LogP contribution in [0.2, 0.25) is 0 Å². The zero-order valence-electron chi connectivity index (χ0n) is 21.4. The second kappa shape index (κ2) is 11.6. The van der Waals surface area contributed by atoms with E-state index in [1.807, 2.05) is 13.8 Å². The lowest BCUT2D eigenvalue weighted by Crippen LogP contribution is -2.44. The molecule has 1 fully saturated rings. The molecule has 206 valence electrons. The van der Waals surface area contributed by atoms with Crippen LogP contribution in [-0.4, -0.2) is 55.8 Å². The standard InChI is InChI=1S/C23H25FN4O5S3.C2H6/c1-35(29,30)17-8-10-28(21(12-17)15-2-4-16(24)5-3-15)20-9-11-33-22-13-18(6-7-19(20)22)36(31,32)27-23-25-14-26-34-23;1-2/h2-7,13-14,17,20-21H,8-12H2,1H3,(H,25,26,27);1-2H3/t17-,20+,21+;/m0./s1. The lowest BCUT2D eigenvalue weighted by atomic mass is 9.89. The van der Waals surface area contributed by atoms with Crippen LogP contribution in [0.3, 0.4) is 0 Å². The van der Waals surface area contributed by atoms with E-state index in [1.54, 1.807) is 18.2 Å². The minimum atomic E-state index is -3.88. The quantitative estimate of drug-likeness (QED) is 0.449. The lowest BCUT2D eigenvalue weighted by molar-refractivity contribution is 0.0680. The van der Waals surface area contributed by atoms with Crippen LogP contribution in [-0.2, 0) is 19.9 Å². The van der Waals surface area contributed by atoms with Crippen molar-refractivity contribution in [3.8, 4) is 5.75 Å². The van der Waals surface area contributed by atoms with Gasteiger partial charge in [0.05, 0.1) is 16.8 Å². The van der Waals surface area contributed by atoms with Gasteiger partial charge in [-0.15, -0.1) is 0 Å². The second-order valence-electron chi connectivity index (χ2n) is 8.99. The van der Waals surface area contributed by atoms with Crippen molar-refractivity contribution in [3.63, 3.8) is 0 Å². The molecule has 3 atom stereocenters. The number of sulfone groups is 1. The van der Waals surface area contributed by atoms with Gasteiger partial charge in [0.2, 0.25) is 5.13 Å². The van der Waals surface area contributed by atoms with Gasteiger partial charge in [-0.2, -0.15) is 4.37 Å². The largest absolute Gasteiger partial charge is 0.493 e. The summed E-state index contributed by atoms with van der Waals surface area (Å²) in [5.41, 5.74) is 1.68. The summed E-state index contributed by atoms with van der Waals surface area (Å²) in [6, 6.07) is 10.6. The Bertz CT molecular complexity index is 1450. The van der Waals surface area contributed by atoms with E-state index in [-0.39, 0.29) is 27.9 Å². The van der Waals surface area contributed by atoms with Crippen molar-refractivity contribution in [3.05, 3.63) is 65.7 Å². The third-order valence-corrected chi connectivity index (χ3v) is 10.4. The smallest absolute Gasteiger partial charge is 0.263 e. The van der Waals surface area contributed by atoms with Crippen molar-refractivity contribution in [2.45, 2.75) is 55.3 Å². The number of nitrogens with zero attached hydrogens (tertiary/aromatic N) is 3. The number of hydrogen-bond acceptors (Lipinski definition) is 9. The van der Waals surface area contributed by atoms with Crippen LogP contribution in [0.25, 0.3) is 0 Å². The van der Waals surface area contributed by atoms with Crippen molar-refractivity contribution in [2.75, 3.05) is 24.1 Å². The molecule has 0 amide bonds. The highest BCUT2D eigenvalue weighted by molar-refractivity contribution is 7.93. The van der Waals surface area contributed by atoms with E-state index in [2.05, 4.69) is 19.0 Å². The van der Waals surface area contributed by atoms with E-state index in [9.17, 15) is 21.2 Å². The maximum atomic E-state index is 13.6. The van der Waals surface area contributed by atoms with Gasteiger partial charge in [0.15, 0.2) is 0 Å². The minimum Gasteiger partial charge on any atom is -0.493 e. The Morgan fingerprint density at radius 3 is 2.45 bits per heavy atom. The number of ether oxygens (including phenoxy) is 1.